The normalized spacial score (nSPS) is 12.2. The smallest absolute Gasteiger partial charge is 0.0511 e. The van der Waals surface area contributed by atoms with E-state index in [1.165, 1.54) is 22.4 Å². The van der Waals surface area contributed by atoms with Gasteiger partial charge in [0.15, 0.2) is 0 Å². The standard InChI is InChI=1S/C17H20BrN/c1-4-17(14-6-5-7-15(18)11-14)19-16-9-8-12(2)13(3)10-16/h5-11,17,19H,4H2,1-3H3. The molecule has 0 aliphatic rings. The lowest BCUT2D eigenvalue weighted by Crippen LogP contribution is -2.09. The van der Waals surface area contributed by atoms with Crippen LogP contribution in [-0.2, 0) is 0 Å². The van der Waals surface area contributed by atoms with Gasteiger partial charge < -0.3 is 5.32 Å². The van der Waals surface area contributed by atoms with E-state index in [2.05, 4.69) is 84.5 Å². The van der Waals surface area contributed by atoms with Gasteiger partial charge in [0.25, 0.3) is 0 Å². The van der Waals surface area contributed by atoms with E-state index in [1.807, 2.05) is 0 Å². The highest BCUT2D eigenvalue weighted by Crippen LogP contribution is 2.25. The Hall–Kier alpha value is -1.28. The number of rotatable bonds is 4. The first kappa shape index (κ1) is 14.1. The zero-order valence-electron chi connectivity index (χ0n) is 11.7. The monoisotopic (exact) mass is 317 g/mol. The Labute approximate surface area is 124 Å². The molecule has 0 fully saturated rings. The van der Waals surface area contributed by atoms with Gasteiger partial charge in [0.05, 0.1) is 6.04 Å². The molecule has 0 heterocycles. The third-order valence-electron chi connectivity index (χ3n) is 3.51. The van der Waals surface area contributed by atoms with E-state index in [9.17, 15) is 0 Å². The van der Waals surface area contributed by atoms with Gasteiger partial charge >= 0.3 is 0 Å². The highest BCUT2D eigenvalue weighted by Gasteiger charge is 2.09. The first-order chi connectivity index (χ1) is 9.10. The van der Waals surface area contributed by atoms with E-state index in [-0.39, 0.29) is 0 Å². The summed E-state index contributed by atoms with van der Waals surface area (Å²) in [5, 5.41) is 3.62. The van der Waals surface area contributed by atoms with E-state index in [4.69, 9.17) is 0 Å². The molecule has 0 amide bonds. The van der Waals surface area contributed by atoms with Crippen molar-refractivity contribution >= 4 is 21.6 Å². The molecule has 0 aliphatic carbocycles. The van der Waals surface area contributed by atoms with Crippen molar-refractivity contribution in [1.82, 2.24) is 0 Å². The largest absolute Gasteiger partial charge is 0.378 e. The summed E-state index contributed by atoms with van der Waals surface area (Å²) in [6, 6.07) is 15.4. The number of aryl methyl sites for hydroxylation is 2. The van der Waals surface area contributed by atoms with Gasteiger partial charge in [-0.1, -0.05) is 41.1 Å². The van der Waals surface area contributed by atoms with Crippen LogP contribution in [-0.4, -0.2) is 0 Å². The number of halogens is 1. The van der Waals surface area contributed by atoms with Crippen molar-refractivity contribution in [3.63, 3.8) is 0 Å². The molecular weight excluding hydrogens is 298 g/mol. The van der Waals surface area contributed by atoms with E-state index in [1.54, 1.807) is 0 Å². The summed E-state index contributed by atoms with van der Waals surface area (Å²) in [5.41, 5.74) is 5.17. The van der Waals surface area contributed by atoms with Crippen molar-refractivity contribution in [2.75, 3.05) is 5.32 Å². The summed E-state index contributed by atoms with van der Waals surface area (Å²) in [7, 11) is 0. The van der Waals surface area contributed by atoms with E-state index in [0.29, 0.717) is 6.04 Å². The van der Waals surface area contributed by atoms with Crippen LogP contribution in [0.1, 0.15) is 36.1 Å². The van der Waals surface area contributed by atoms with Crippen molar-refractivity contribution < 1.29 is 0 Å². The van der Waals surface area contributed by atoms with Gasteiger partial charge in [-0.05, 0) is 61.2 Å². The average molecular weight is 318 g/mol. The highest BCUT2D eigenvalue weighted by atomic mass is 79.9. The molecule has 2 aromatic carbocycles. The minimum atomic E-state index is 0.347. The molecule has 0 aliphatic heterocycles. The van der Waals surface area contributed by atoms with Crippen LogP contribution in [0.3, 0.4) is 0 Å². The lowest BCUT2D eigenvalue weighted by Gasteiger charge is -2.19. The van der Waals surface area contributed by atoms with E-state index < -0.39 is 0 Å². The predicted molar refractivity (Wildman–Crippen MR) is 86.7 cm³/mol. The fourth-order valence-electron chi connectivity index (χ4n) is 2.18. The van der Waals surface area contributed by atoms with Gasteiger partial charge in [-0.25, -0.2) is 0 Å². The highest BCUT2D eigenvalue weighted by molar-refractivity contribution is 9.10. The van der Waals surface area contributed by atoms with E-state index in [0.717, 1.165) is 10.9 Å². The molecule has 19 heavy (non-hydrogen) atoms. The fourth-order valence-corrected chi connectivity index (χ4v) is 2.59. The Bertz CT molecular complexity index is 563. The second-order valence-corrected chi connectivity index (χ2v) is 5.87. The van der Waals surface area contributed by atoms with Crippen molar-refractivity contribution in [3.05, 3.63) is 63.6 Å². The zero-order chi connectivity index (χ0) is 13.8. The number of nitrogens with one attached hydrogen (secondary N) is 1. The Kier molecular flexibility index (Phi) is 4.65. The Morgan fingerprint density at radius 3 is 2.47 bits per heavy atom. The van der Waals surface area contributed by atoms with Crippen LogP contribution in [0.25, 0.3) is 0 Å². The van der Waals surface area contributed by atoms with Crippen molar-refractivity contribution in [2.24, 2.45) is 0 Å². The van der Waals surface area contributed by atoms with Crippen LogP contribution in [0.15, 0.2) is 46.9 Å². The molecular formula is C17H20BrN. The van der Waals surface area contributed by atoms with Crippen molar-refractivity contribution in [3.8, 4) is 0 Å². The maximum Gasteiger partial charge on any atom is 0.0511 e. The topological polar surface area (TPSA) is 12.0 Å². The molecule has 1 N–H and O–H groups in total. The minimum Gasteiger partial charge on any atom is -0.378 e. The first-order valence-electron chi connectivity index (χ1n) is 6.69. The molecule has 0 saturated heterocycles. The third kappa shape index (κ3) is 3.60. The Morgan fingerprint density at radius 2 is 1.84 bits per heavy atom. The molecule has 0 radical (unpaired) electrons. The summed E-state index contributed by atoms with van der Waals surface area (Å²) < 4.78 is 1.13. The van der Waals surface area contributed by atoms with Gasteiger partial charge in [0.2, 0.25) is 0 Å². The average Bonchev–Trinajstić information content (AvgIpc) is 2.40. The number of hydrogen-bond acceptors (Lipinski definition) is 1. The van der Waals surface area contributed by atoms with Crippen LogP contribution in [0.4, 0.5) is 5.69 Å². The maximum atomic E-state index is 3.62. The van der Waals surface area contributed by atoms with E-state index >= 15 is 0 Å². The van der Waals surface area contributed by atoms with Crippen LogP contribution in [0.5, 0.6) is 0 Å². The van der Waals surface area contributed by atoms with Crippen LogP contribution in [0.2, 0.25) is 0 Å². The summed E-state index contributed by atoms with van der Waals surface area (Å²) in [6.45, 7) is 6.50. The summed E-state index contributed by atoms with van der Waals surface area (Å²) in [6.07, 6.45) is 1.06. The quantitative estimate of drug-likeness (QED) is 0.770. The Morgan fingerprint density at radius 1 is 1.05 bits per heavy atom. The molecule has 0 aromatic heterocycles. The van der Waals surface area contributed by atoms with Gasteiger partial charge in [0.1, 0.15) is 0 Å². The first-order valence-corrected chi connectivity index (χ1v) is 7.48. The maximum absolute atomic E-state index is 3.62. The molecule has 1 atom stereocenters. The van der Waals surface area contributed by atoms with Gasteiger partial charge in [-0.3, -0.25) is 0 Å². The molecule has 100 valence electrons. The molecule has 1 nitrogen and oxygen atoms in total. The molecule has 2 rings (SSSR count). The SMILES string of the molecule is CCC(Nc1ccc(C)c(C)c1)c1cccc(Br)c1. The minimum absolute atomic E-state index is 0.347. The lowest BCUT2D eigenvalue weighted by atomic mass is 10.0. The summed E-state index contributed by atoms with van der Waals surface area (Å²) in [5.74, 6) is 0. The molecule has 2 heteroatoms. The zero-order valence-corrected chi connectivity index (χ0v) is 13.3. The molecule has 2 aromatic rings. The Balaban J connectivity index is 2.21. The van der Waals surface area contributed by atoms with Gasteiger partial charge in [-0.15, -0.1) is 0 Å². The summed E-state index contributed by atoms with van der Waals surface area (Å²) in [4.78, 5) is 0. The van der Waals surface area contributed by atoms with Gasteiger partial charge in [0, 0.05) is 10.2 Å². The van der Waals surface area contributed by atoms with Crippen molar-refractivity contribution in [1.29, 1.82) is 0 Å². The summed E-state index contributed by atoms with van der Waals surface area (Å²) >= 11 is 3.54. The number of benzene rings is 2. The molecule has 0 saturated carbocycles. The van der Waals surface area contributed by atoms with Crippen LogP contribution < -0.4 is 5.32 Å². The third-order valence-corrected chi connectivity index (χ3v) is 4.00. The number of anilines is 1. The predicted octanol–water partition coefficient (Wildman–Crippen LogP) is 5.63. The molecule has 0 spiro atoms. The lowest BCUT2D eigenvalue weighted by molar-refractivity contribution is 0.749. The van der Waals surface area contributed by atoms with Gasteiger partial charge in [-0.2, -0.15) is 0 Å². The van der Waals surface area contributed by atoms with Crippen molar-refractivity contribution in [2.45, 2.75) is 33.2 Å². The molecule has 0 bridgehead atoms. The van der Waals surface area contributed by atoms with Crippen LogP contribution >= 0.6 is 15.9 Å². The molecule has 1 unspecified atom stereocenters. The number of hydrogen-bond donors (Lipinski definition) is 1. The fraction of sp³-hybridized carbons (Fsp3) is 0.294. The second kappa shape index (κ2) is 6.25. The second-order valence-electron chi connectivity index (χ2n) is 4.96. The van der Waals surface area contributed by atoms with Crippen LogP contribution in [0, 0.1) is 13.8 Å².